The first-order chi connectivity index (χ1) is 12.7. The van der Waals surface area contributed by atoms with Crippen LogP contribution in [-0.4, -0.2) is 41.5 Å². The molecule has 0 radical (unpaired) electrons. The van der Waals surface area contributed by atoms with E-state index in [9.17, 15) is 22.8 Å². The Morgan fingerprint density at radius 2 is 2.11 bits per heavy atom. The number of nitrogens with zero attached hydrogens (tertiary/aromatic N) is 3. The molecule has 1 aliphatic heterocycles. The zero-order chi connectivity index (χ0) is 20.0. The third kappa shape index (κ3) is 6.10. The van der Waals surface area contributed by atoms with Crippen LogP contribution >= 0.6 is 11.3 Å². The molecule has 1 saturated heterocycles. The number of piperidine rings is 1. The van der Waals surface area contributed by atoms with E-state index < -0.39 is 17.1 Å². The van der Waals surface area contributed by atoms with Crippen molar-refractivity contribution in [2.45, 2.75) is 51.2 Å². The number of halogens is 3. The minimum Gasteiger partial charge on any atom is -0.307 e. The summed E-state index contributed by atoms with van der Waals surface area (Å²) in [5, 5.41) is 8.47. The maximum absolute atomic E-state index is 12.6. The Bertz CT molecular complexity index is 684. The molecule has 0 unspecified atom stereocenters. The minimum atomic E-state index is -4.59. The van der Waals surface area contributed by atoms with Crippen molar-refractivity contribution in [1.82, 2.24) is 15.5 Å². The predicted molar refractivity (Wildman–Crippen MR) is 96.5 cm³/mol. The van der Waals surface area contributed by atoms with Crippen LogP contribution in [0.3, 0.4) is 0 Å². The number of likely N-dealkylation sites (N-methyl/N-ethyl adjacent to an activating group) is 1. The zero-order valence-electron chi connectivity index (χ0n) is 15.3. The maximum Gasteiger partial charge on any atom is 0.445 e. The van der Waals surface area contributed by atoms with Crippen LogP contribution in [0.25, 0.3) is 0 Å². The number of alkyl halides is 3. The van der Waals surface area contributed by atoms with E-state index in [0.717, 1.165) is 30.7 Å². The number of allylic oxidation sites excluding steroid dienone is 1. The van der Waals surface area contributed by atoms with Gasteiger partial charge in [0.1, 0.15) is 5.78 Å². The molecule has 2 atom stereocenters. The van der Waals surface area contributed by atoms with Gasteiger partial charge < -0.3 is 5.32 Å². The molecule has 6 nitrogen and oxygen atoms in total. The Hall–Kier alpha value is -1.81. The van der Waals surface area contributed by atoms with Gasteiger partial charge >= 0.3 is 6.18 Å². The van der Waals surface area contributed by atoms with Crippen LogP contribution in [0.15, 0.2) is 12.2 Å². The molecule has 27 heavy (non-hydrogen) atoms. The van der Waals surface area contributed by atoms with Gasteiger partial charge in [0.2, 0.25) is 10.1 Å². The third-order valence-electron chi connectivity index (χ3n) is 4.47. The van der Waals surface area contributed by atoms with Crippen LogP contribution in [0.2, 0.25) is 0 Å². The summed E-state index contributed by atoms with van der Waals surface area (Å²) in [5.74, 6) is -0.480. The van der Waals surface area contributed by atoms with Gasteiger partial charge in [-0.05, 0) is 37.8 Å². The highest BCUT2D eigenvalue weighted by molar-refractivity contribution is 7.15. The van der Waals surface area contributed by atoms with Gasteiger partial charge in [-0.2, -0.15) is 13.2 Å². The van der Waals surface area contributed by atoms with Crippen LogP contribution in [0.5, 0.6) is 0 Å². The van der Waals surface area contributed by atoms with E-state index in [-0.39, 0.29) is 22.9 Å². The quantitative estimate of drug-likeness (QED) is 0.707. The number of amides is 1. The maximum atomic E-state index is 12.6. The lowest BCUT2D eigenvalue weighted by atomic mass is 9.92. The van der Waals surface area contributed by atoms with Crippen molar-refractivity contribution in [3.8, 4) is 0 Å². The normalized spacial score (nSPS) is 19.2. The third-order valence-corrected chi connectivity index (χ3v) is 5.52. The van der Waals surface area contributed by atoms with E-state index in [4.69, 9.17) is 0 Å². The summed E-state index contributed by atoms with van der Waals surface area (Å²) in [4.78, 5) is 25.6. The molecule has 1 N–H and O–H groups in total. The molecular weight excluding hydrogens is 381 g/mol. The monoisotopic (exact) mass is 404 g/mol. The smallest absolute Gasteiger partial charge is 0.307 e. The molecule has 1 aromatic heterocycles. The largest absolute Gasteiger partial charge is 0.445 e. The summed E-state index contributed by atoms with van der Waals surface area (Å²) >= 11 is 0.307. The highest BCUT2D eigenvalue weighted by atomic mass is 32.1. The summed E-state index contributed by atoms with van der Waals surface area (Å²) in [6.45, 7) is 2.76. The average molecular weight is 404 g/mol. The summed E-state index contributed by atoms with van der Waals surface area (Å²) < 4.78 is 37.8. The lowest BCUT2D eigenvalue weighted by Gasteiger charge is -2.23. The van der Waals surface area contributed by atoms with Crippen LogP contribution < -0.4 is 10.2 Å². The fourth-order valence-electron chi connectivity index (χ4n) is 2.77. The second kappa shape index (κ2) is 9.41. The van der Waals surface area contributed by atoms with E-state index in [1.54, 1.807) is 6.08 Å². The number of ketones is 1. The first-order valence-electron chi connectivity index (χ1n) is 8.85. The Kier molecular flexibility index (Phi) is 7.49. The molecule has 10 heteroatoms. The SMILES string of the molecule is CC[C@@H](/C=C/C(=O)N(C)c1nnc(C(F)(F)F)s1)CC(=O)[C@@H]1CCCCN1. The predicted octanol–water partition coefficient (Wildman–Crippen LogP) is 3.20. The van der Waals surface area contributed by atoms with Crippen molar-refractivity contribution in [3.63, 3.8) is 0 Å². The van der Waals surface area contributed by atoms with Crippen LogP contribution in [0.1, 0.15) is 44.0 Å². The molecule has 1 fully saturated rings. The van der Waals surface area contributed by atoms with E-state index in [2.05, 4.69) is 15.5 Å². The molecule has 0 aliphatic carbocycles. The summed E-state index contributed by atoms with van der Waals surface area (Å²) in [6, 6.07) is -0.123. The summed E-state index contributed by atoms with van der Waals surface area (Å²) in [5.41, 5.74) is 0. The lowest BCUT2D eigenvalue weighted by Crippen LogP contribution is -2.40. The zero-order valence-corrected chi connectivity index (χ0v) is 16.1. The van der Waals surface area contributed by atoms with Gasteiger partial charge in [0.25, 0.3) is 5.91 Å². The Morgan fingerprint density at radius 1 is 1.37 bits per heavy atom. The van der Waals surface area contributed by atoms with Gasteiger partial charge in [-0.15, -0.1) is 10.2 Å². The van der Waals surface area contributed by atoms with E-state index >= 15 is 0 Å². The Balaban J connectivity index is 1.94. The van der Waals surface area contributed by atoms with Gasteiger partial charge in [-0.3, -0.25) is 14.5 Å². The number of Topliss-reactive ketones (excluding diaryl/α,β-unsaturated/α-hetero) is 1. The molecule has 0 aromatic carbocycles. The first kappa shape index (κ1) is 21.5. The van der Waals surface area contributed by atoms with Gasteiger partial charge in [0.15, 0.2) is 0 Å². The lowest BCUT2D eigenvalue weighted by molar-refractivity contribution is -0.138. The van der Waals surface area contributed by atoms with Crippen LogP contribution in [0.4, 0.5) is 18.3 Å². The standard InChI is InChI=1S/C17H23F3N4O2S/c1-3-11(10-13(25)12-6-4-5-9-21-12)7-8-14(26)24(2)16-23-22-15(27-16)17(18,19)20/h7-8,11-12,21H,3-6,9-10H2,1-2H3/b8-7+/t11-,12-/m0/s1. The Labute approximate surface area is 159 Å². The molecule has 2 rings (SSSR count). The van der Waals surface area contributed by atoms with Crippen molar-refractivity contribution in [3.05, 3.63) is 17.2 Å². The number of rotatable bonds is 7. The minimum absolute atomic E-state index is 0.0984. The molecule has 150 valence electrons. The number of carbonyl (C=O) groups is 2. The highest BCUT2D eigenvalue weighted by Crippen LogP contribution is 2.34. The Morgan fingerprint density at radius 3 is 2.67 bits per heavy atom. The van der Waals surface area contributed by atoms with E-state index in [0.29, 0.717) is 24.2 Å². The molecule has 1 amide bonds. The van der Waals surface area contributed by atoms with E-state index in [1.807, 2.05) is 6.92 Å². The van der Waals surface area contributed by atoms with Gasteiger partial charge in [0.05, 0.1) is 6.04 Å². The molecule has 0 bridgehead atoms. The number of hydrogen-bond donors (Lipinski definition) is 1. The second-order valence-electron chi connectivity index (χ2n) is 6.49. The van der Waals surface area contributed by atoms with Crippen molar-refractivity contribution >= 4 is 28.2 Å². The second-order valence-corrected chi connectivity index (χ2v) is 7.44. The van der Waals surface area contributed by atoms with Crippen LogP contribution in [-0.2, 0) is 15.8 Å². The fourth-order valence-corrected chi connectivity index (χ4v) is 3.44. The van der Waals surface area contributed by atoms with Gasteiger partial charge in [0, 0.05) is 13.5 Å². The molecule has 1 aromatic rings. The molecule has 0 spiro atoms. The fraction of sp³-hybridized carbons (Fsp3) is 0.647. The van der Waals surface area contributed by atoms with Crippen molar-refractivity contribution in [1.29, 1.82) is 0 Å². The van der Waals surface area contributed by atoms with Crippen molar-refractivity contribution in [2.75, 3.05) is 18.5 Å². The highest BCUT2D eigenvalue weighted by Gasteiger charge is 2.36. The van der Waals surface area contributed by atoms with Gasteiger partial charge in [-0.1, -0.05) is 30.8 Å². The van der Waals surface area contributed by atoms with Crippen molar-refractivity contribution < 1.29 is 22.8 Å². The number of hydrogen-bond acceptors (Lipinski definition) is 6. The average Bonchev–Trinajstić information content (AvgIpc) is 3.15. The molecule has 1 aliphatic rings. The molecule has 2 heterocycles. The molecular formula is C17H23F3N4O2S. The molecule has 0 saturated carbocycles. The van der Waals surface area contributed by atoms with Crippen LogP contribution in [0, 0.1) is 5.92 Å². The number of carbonyl (C=O) groups excluding carboxylic acids is 2. The number of nitrogens with one attached hydrogen (secondary N) is 1. The summed E-state index contributed by atoms with van der Waals surface area (Å²) in [6.07, 6.45) is 2.29. The van der Waals surface area contributed by atoms with Gasteiger partial charge in [-0.25, -0.2) is 0 Å². The number of anilines is 1. The number of aromatic nitrogens is 2. The van der Waals surface area contributed by atoms with E-state index in [1.165, 1.54) is 13.1 Å². The first-order valence-corrected chi connectivity index (χ1v) is 9.66. The van der Waals surface area contributed by atoms with Crippen molar-refractivity contribution in [2.24, 2.45) is 5.92 Å². The topological polar surface area (TPSA) is 75.2 Å². The summed E-state index contributed by atoms with van der Waals surface area (Å²) in [7, 11) is 1.34.